The maximum Gasteiger partial charge on any atom is 0.319 e. The molecule has 2 amide bonds. The van der Waals surface area contributed by atoms with Gasteiger partial charge in [0.25, 0.3) is 0 Å². The van der Waals surface area contributed by atoms with Crippen molar-refractivity contribution in [2.24, 2.45) is 5.92 Å². The fourth-order valence-corrected chi connectivity index (χ4v) is 2.38. The molecule has 0 radical (unpaired) electrons. The van der Waals surface area contributed by atoms with Crippen molar-refractivity contribution in [3.63, 3.8) is 0 Å². The molecule has 2 rings (SSSR count). The molecule has 2 unspecified atom stereocenters. The molecule has 5 heteroatoms. The number of para-hydroxylation sites is 1. The van der Waals surface area contributed by atoms with Crippen LogP contribution in [0.25, 0.3) is 0 Å². The highest BCUT2D eigenvalue weighted by atomic mass is 35.5. The molecule has 0 bridgehead atoms. The van der Waals surface area contributed by atoms with Crippen LogP contribution in [0.3, 0.4) is 0 Å². The molecule has 1 fully saturated rings. The summed E-state index contributed by atoms with van der Waals surface area (Å²) in [7, 11) is 0. The molecule has 1 saturated carbocycles. The Bertz CT molecular complexity index is 425. The largest absolute Gasteiger partial charge is 0.393 e. The van der Waals surface area contributed by atoms with Gasteiger partial charge in [-0.25, -0.2) is 4.79 Å². The van der Waals surface area contributed by atoms with E-state index in [1.807, 2.05) is 12.1 Å². The molecule has 1 aliphatic rings. The molecular weight excluding hydrogens is 252 g/mol. The Morgan fingerprint density at radius 3 is 2.83 bits per heavy atom. The predicted octanol–water partition coefficient (Wildman–Crippen LogP) is 2.62. The van der Waals surface area contributed by atoms with E-state index in [4.69, 9.17) is 11.6 Å². The minimum Gasteiger partial charge on any atom is -0.393 e. The highest BCUT2D eigenvalue weighted by molar-refractivity contribution is 6.33. The zero-order chi connectivity index (χ0) is 13.0. The van der Waals surface area contributed by atoms with Crippen LogP contribution >= 0.6 is 11.6 Å². The zero-order valence-corrected chi connectivity index (χ0v) is 10.8. The monoisotopic (exact) mass is 268 g/mol. The first-order valence-corrected chi connectivity index (χ1v) is 6.50. The Kier molecular flexibility index (Phi) is 4.44. The first kappa shape index (κ1) is 13.2. The Morgan fingerprint density at radius 1 is 1.39 bits per heavy atom. The van der Waals surface area contributed by atoms with Crippen LogP contribution < -0.4 is 10.6 Å². The number of aliphatic hydroxyl groups is 1. The van der Waals surface area contributed by atoms with Crippen LogP contribution in [0.4, 0.5) is 10.5 Å². The molecule has 1 aliphatic carbocycles. The van der Waals surface area contributed by atoms with Crippen molar-refractivity contribution >= 4 is 23.3 Å². The third kappa shape index (κ3) is 3.62. The van der Waals surface area contributed by atoms with Gasteiger partial charge in [0.2, 0.25) is 0 Å². The van der Waals surface area contributed by atoms with Gasteiger partial charge >= 0.3 is 6.03 Å². The number of benzene rings is 1. The van der Waals surface area contributed by atoms with Crippen LogP contribution in [0.15, 0.2) is 24.3 Å². The van der Waals surface area contributed by atoms with E-state index in [0.717, 1.165) is 19.3 Å². The lowest BCUT2D eigenvalue weighted by atomic mass is 10.1. The van der Waals surface area contributed by atoms with Crippen molar-refractivity contribution in [3.8, 4) is 0 Å². The number of nitrogens with one attached hydrogen (secondary N) is 2. The number of rotatable bonds is 3. The topological polar surface area (TPSA) is 61.4 Å². The molecule has 0 aliphatic heterocycles. The van der Waals surface area contributed by atoms with Crippen LogP contribution in [0, 0.1) is 5.92 Å². The quantitative estimate of drug-likeness (QED) is 0.789. The van der Waals surface area contributed by atoms with Gasteiger partial charge in [-0.3, -0.25) is 0 Å². The van der Waals surface area contributed by atoms with Crippen LogP contribution in [-0.2, 0) is 0 Å². The number of aliphatic hydroxyl groups excluding tert-OH is 1. The molecule has 2 atom stereocenters. The fourth-order valence-electron chi connectivity index (χ4n) is 2.20. The smallest absolute Gasteiger partial charge is 0.319 e. The highest BCUT2D eigenvalue weighted by Gasteiger charge is 2.22. The Hall–Kier alpha value is -1.26. The summed E-state index contributed by atoms with van der Waals surface area (Å²) in [5, 5.41) is 15.4. The first-order valence-electron chi connectivity index (χ1n) is 6.12. The first-order chi connectivity index (χ1) is 8.65. The third-order valence-corrected chi connectivity index (χ3v) is 3.52. The number of anilines is 1. The lowest BCUT2D eigenvalue weighted by molar-refractivity contribution is 0.177. The summed E-state index contributed by atoms with van der Waals surface area (Å²) in [5.41, 5.74) is 0.600. The van der Waals surface area contributed by atoms with Gasteiger partial charge in [-0.2, -0.15) is 0 Å². The Labute approximate surface area is 111 Å². The van der Waals surface area contributed by atoms with Crippen molar-refractivity contribution in [2.45, 2.75) is 25.4 Å². The summed E-state index contributed by atoms with van der Waals surface area (Å²) in [6.45, 7) is 0.591. The molecule has 1 aromatic carbocycles. The van der Waals surface area contributed by atoms with E-state index in [2.05, 4.69) is 10.6 Å². The van der Waals surface area contributed by atoms with Crippen molar-refractivity contribution in [1.82, 2.24) is 5.32 Å². The lowest BCUT2D eigenvalue weighted by Gasteiger charge is -2.12. The van der Waals surface area contributed by atoms with Crippen LogP contribution in [0.2, 0.25) is 5.02 Å². The molecule has 0 saturated heterocycles. The Balaban J connectivity index is 1.77. The van der Waals surface area contributed by atoms with E-state index in [0.29, 0.717) is 23.2 Å². The molecule has 0 heterocycles. The normalized spacial score (nSPS) is 22.8. The summed E-state index contributed by atoms with van der Waals surface area (Å²) in [5.74, 6) is 0.372. The second-order valence-electron chi connectivity index (χ2n) is 4.65. The average molecular weight is 269 g/mol. The summed E-state index contributed by atoms with van der Waals surface area (Å²) in [4.78, 5) is 11.7. The van der Waals surface area contributed by atoms with E-state index in [1.165, 1.54) is 0 Å². The molecular formula is C13H17ClN2O2. The average Bonchev–Trinajstić information content (AvgIpc) is 2.76. The van der Waals surface area contributed by atoms with Crippen LogP contribution in [-0.4, -0.2) is 23.8 Å². The van der Waals surface area contributed by atoms with Crippen molar-refractivity contribution < 1.29 is 9.90 Å². The predicted molar refractivity (Wildman–Crippen MR) is 71.8 cm³/mol. The highest BCUT2D eigenvalue weighted by Crippen LogP contribution is 2.24. The van der Waals surface area contributed by atoms with Gasteiger partial charge in [0, 0.05) is 6.54 Å². The van der Waals surface area contributed by atoms with E-state index >= 15 is 0 Å². The molecule has 0 aromatic heterocycles. The van der Waals surface area contributed by atoms with Crippen molar-refractivity contribution in [2.75, 3.05) is 11.9 Å². The number of hydrogen-bond donors (Lipinski definition) is 3. The summed E-state index contributed by atoms with van der Waals surface area (Å²) < 4.78 is 0. The minimum atomic E-state index is -0.260. The van der Waals surface area contributed by atoms with E-state index in [-0.39, 0.29) is 12.1 Å². The molecule has 1 aromatic rings. The number of carbonyl (C=O) groups excluding carboxylic acids is 1. The number of halogens is 1. The van der Waals surface area contributed by atoms with E-state index in [1.54, 1.807) is 12.1 Å². The molecule has 0 spiro atoms. The van der Waals surface area contributed by atoms with Crippen molar-refractivity contribution in [1.29, 1.82) is 0 Å². The standard InChI is InChI=1S/C13H17ClN2O2/c14-11-3-1-2-4-12(11)16-13(18)15-8-9-5-6-10(17)7-9/h1-4,9-10,17H,5-8H2,(H2,15,16,18). The second-order valence-corrected chi connectivity index (χ2v) is 5.05. The van der Waals surface area contributed by atoms with Gasteiger partial charge in [-0.15, -0.1) is 0 Å². The minimum absolute atomic E-state index is 0.205. The van der Waals surface area contributed by atoms with Crippen LogP contribution in [0.1, 0.15) is 19.3 Å². The SMILES string of the molecule is O=C(NCC1CCC(O)C1)Nc1ccccc1Cl. The van der Waals surface area contributed by atoms with Gasteiger partial charge in [0.1, 0.15) is 0 Å². The number of amides is 2. The lowest BCUT2D eigenvalue weighted by Crippen LogP contribution is -2.32. The Morgan fingerprint density at radius 2 is 2.17 bits per heavy atom. The molecule has 18 heavy (non-hydrogen) atoms. The third-order valence-electron chi connectivity index (χ3n) is 3.19. The van der Waals surface area contributed by atoms with Gasteiger partial charge < -0.3 is 15.7 Å². The zero-order valence-electron chi connectivity index (χ0n) is 10.0. The number of hydrogen-bond acceptors (Lipinski definition) is 2. The number of urea groups is 1. The fraction of sp³-hybridized carbons (Fsp3) is 0.462. The summed E-state index contributed by atoms with van der Waals surface area (Å²) in [6.07, 6.45) is 2.36. The van der Waals surface area contributed by atoms with E-state index < -0.39 is 0 Å². The summed E-state index contributed by atoms with van der Waals surface area (Å²) in [6, 6.07) is 6.84. The van der Waals surface area contributed by atoms with Gasteiger partial charge in [-0.05, 0) is 37.3 Å². The molecule has 98 valence electrons. The van der Waals surface area contributed by atoms with Crippen LogP contribution in [0.5, 0.6) is 0 Å². The van der Waals surface area contributed by atoms with Gasteiger partial charge in [-0.1, -0.05) is 23.7 Å². The van der Waals surface area contributed by atoms with Gasteiger partial charge in [0.15, 0.2) is 0 Å². The van der Waals surface area contributed by atoms with Crippen molar-refractivity contribution in [3.05, 3.63) is 29.3 Å². The maximum absolute atomic E-state index is 11.7. The van der Waals surface area contributed by atoms with E-state index in [9.17, 15) is 9.90 Å². The maximum atomic E-state index is 11.7. The second kappa shape index (κ2) is 6.07. The summed E-state index contributed by atoms with van der Waals surface area (Å²) >= 11 is 5.94. The molecule has 3 N–H and O–H groups in total. The molecule has 4 nitrogen and oxygen atoms in total. The van der Waals surface area contributed by atoms with Gasteiger partial charge in [0.05, 0.1) is 16.8 Å². The number of carbonyl (C=O) groups is 1.